The van der Waals surface area contributed by atoms with Crippen LogP contribution in [0.5, 0.6) is 0 Å². The molecule has 2 heterocycles. The second-order valence-electron chi connectivity index (χ2n) is 5.20. The summed E-state index contributed by atoms with van der Waals surface area (Å²) in [6.07, 6.45) is 5.61. The number of nitrogens with one attached hydrogen (secondary N) is 3. The molecule has 6 heteroatoms. The average molecular weight is 251 g/mol. The zero-order chi connectivity index (χ0) is 12.6. The summed E-state index contributed by atoms with van der Waals surface area (Å²) < 4.78 is 5.38. The van der Waals surface area contributed by atoms with E-state index in [4.69, 9.17) is 4.74 Å². The Balaban J connectivity index is 1.66. The largest absolute Gasteiger partial charge is 0.381 e. The van der Waals surface area contributed by atoms with Gasteiger partial charge in [-0.25, -0.2) is 4.79 Å². The Morgan fingerprint density at radius 3 is 2.72 bits per heavy atom. The van der Waals surface area contributed by atoms with Gasteiger partial charge in [-0.2, -0.15) is 0 Å². The number of aromatic nitrogens is 2. The number of carbonyl (C=O) groups excluding carboxylic acids is 1. The Bertz CT molecular complexity index is 499. The fourth-order valence-corrected chi connectivity index (χ4v) is 2.99. The number of hydrogen-bond donors (Lipinski definition) is 3. The van der Waals surface area contributed by atoms with Crippen LogP contribution in [0.2, 0.25) is 0 Å². The number of carbonyl (C=O) groups is 1. The van der Waals surface area contributed by atoms with E-state index in [9.17, 15) is 9.59 Å². The van der Waals surface area contributed by atoms with E-state index in [0.29, 0.717) is 5.69 Å². The fraction of sp³-hybridized carbons (Fsp3) is 0.667. The standard InChI is InChI=1S/C12H17N3O3/c16-10(8-7-13-11(17)14-8)15-9-1-2-12(9)3-5-18-6-4-12/h7,9H,1-6H2,(H,15,16)(H2,13,14,17). The lowest BCUT2D eigenvalue weighted by atomic mass is 9.60. The lowest BCUT2D eigenvalue weighted by Gasteiger charge is -2.52. The molecule has 0 radical (unpaired) electrons. The summed E-state index contributed by atoms with van der Waals surface area (Å²) in [5, 5.41) is 3.02. The predicted molar refractivity (Wildman–Crippen MR) is 64.4 cm³/mol. The molecule has 1 aliphatic heterocycles. The summed E-state index contributed by atoms with van der Waals surface area (Å²) in [4.78, 5) is 27.8. The maximum atomic E-state index is 12.0. The third-order valence-electron chi connectivity index (χ3n) is 4.30. The summed E-state index contributed by atoms with van der Waals surface area (Å²) in [6.45, 7) is 1.57. The Morgan fingerprint density at radius 1 is 1.39 bits per heavy atom. The Morgan fingerprint density at radius 2 is 2.17 bits per heavy atom. The number of amides is 1. The van der Waals surface area contributed by atoms with Gasteiger partial charge in [0.1, 0.15) is 5.69 Å². The molecule has 1 atom stereocenters. The van der Waals surface area contributed by atoms with Crippen LogP contribution >= 0.6 is 0 Å². The van der Waals surface area contributed by atoms with Crippen molar-refractivity contribution < 1.29 is 9.53 Å². The lowest BCUT2D eigenvalue weighted by Crippen LogP contribution is -2.57. The lowest BCUT2D eigenvalue weighted by molar-refractivity contribution is -0.0523. The molecule has 98 valence electrons. The normalized spacial score (nSPS) is 25.7. The van der Waals surface area contributed by atoms with Crippen LogP contribution in [-0.4, -0.2) is 35.1 Å². The van der Waals surface area contributed by atoms with Gasteiger partial charge in [-0.15, -0.1) is 0 Å². The van der Waals surface area contributed by atoms with Gasteiger partial charge in [0.15, 0.2) is 0 Å². The van der Waals surface area contributed by atoms with Crippen molar-refractivity contribution in [2.24, 2.45) is 5.41 Å². The van der Waals surface area contributed by atoms with Crippen molar-refractivity contribution in [2.45, 2.75) is 31.7 Å². The first-order valence-corrected chi connectivity index (χ1v) is 6.36. The van der Waals surface area contributed by atoms with Crippen LogP contribution in [0.15, 0.2) is 11.0 Å². The second-order valence-corrected chi connectivity index (χ2v) is 5.20. The maximum Gasteiger partial charge on any atom is 0.323 e. The zero-order valence-electron chi connectivity index (χ0n) is 10.1. The molecule has 3 N–H and O–H groups in total. The Labute approximate surface area is 104 Å². The van der Waals surface area contributed by atoms with Crippen molar-refractivity contribution in [1.82, 2.24) is 15.3 Å². The monoisotopic (exact) mass is 251 g/mol. The molecule has 2 fully saturated rings. The summed E-state index contributed by atoms with van der Waals surface area (Å²) in [5.41, 5.74) is 0.175. The molecule has 1 aromatic heterocycles. The highest BCUT2D eigenvalue weighted by Gasteiger charge is 2.48. The highest BCUT2D eigenvalue weighted by molar-refractivity contribution is 5.92. The highest BCUT2D eigenvalue weighted by Crippen LogP contribution is 2.48. The molecule has 1 aliphatic carbocycles. The number of ether oxygens (including phenoxy) is 1. The van der Waals surface area contributed by atoms with E-state index < -0.39 is 0 Å². The minimum atomic E-state index is -0.352. The molecule has 0 bridgehead atoms. The number of rotatable bonds is 2. The smallest absolute Gasteiger partial charge is 0.323 e. The first-order valence-electron chi connectivity index (χ1n) is 6.36. The minimum Gasteiger partial charge on any atom is -0.381 e. The molecule has 1 spiro atoms. The fourth-order valence-electron chi connectivity index (χ4n) is 2.99. The molecule has 1 saturated carbocycles. The number of imidazole rings is 1. The second kappa shape index (κ2) is 4.28. The van der Waals surface area contributed by atoms with Gasteiger partial charge in [0.2, 0.25) is 0 Å². The van der Waals surface area contributed by atoms with Gasteiger partial charge in [0.05, 0.1) is 0 Å². The van der Waals surface area contributed by atoms with Crippen LogP contribution in [0.25, 0.3) is 0 Å². The molecular formula is C12H17N3O3. The van der Waals surface area contributed by atoms with Gasteiger partial charge in [0.25, 0.3) is 5.91 Å². The van der Waals surface area contributed by atoms with Crippen LogP contribution in [0, 0.1) is 5.41 Å². The maximum absolute atomic E-state index is 12.0. The van der Waals surface area contributed by atoms with Crippen LogP contribution in [-0.2, 0) is 4.74 Å². The first-order chi connectivity index (χ1) is 8.70. The molecule has 3 rings (SSSR count). The molecule has 2 aliphatic rings. The van der Waals surface area contributed by atoms with Crippen molar-refractivity contribution in [3.63, 3.8) is 0 Å². The van der Waals surface area contributed by atoms with Gasteiger partial charge >= 0.3 is 5.69 Å². The van der Waals surface area contributed by atoms with Crippen LogP contribution < -0.4 is 11.0 Å². The molecule has 6 nitrogen and oxygen atoms in total. The average Bonchev–Trinajstić information content (AvgIpc) is 2.82. The zero-order valence-corrected chi connectivity index (χ0v) is 10.1. The van der Waals surface area contributed by atoms with Crippen LogP contribution in [0.4, 0.5) is 0 Å². The van der Waals surface area contributed by atoms with Crippen molar-refractivity contribution in [3.8, 4) is 0 Å². The van der Waals surface area contributed by atoms with Gasteiger partial charge < -0.3 is 20.0 Å². The molecule has 1 saturated heterocycles. The van der Waals surface area contributed by atoms with E-state index in [2.05, 4.69) is 15.3 Å². The topological polar surface area (TPSA) is 87.0 Å². The van der Waals surface area contributed by atoms with Gasteiger partial charge in [-0.05, 0) is 31.1 Å². The van der Waals surface area contributed by atoms with Crippen molar-refractivity contribution in [3.05, 3.63) is 22.4 Å². The molecular weight excluding hydrogens is 234 g/mol. The predicted octanol–water partition coefficient (Wildman–Crippen LogP) is 0.392. The summed E-state index contributed by atoms with van der Waals surface area (Å²) in [7, 11) is 0. The number of aromatic amines is 2. The van der Waals surface area contributed by atoms with Crippen molar-refractivity contribution in [2.75, 3.05) is 13.2 Å². The first kappa shape index (κ1) is 11.5. The summed E-state index contributed by atoms with van der Waals surface area (Å²) >= 11 is 0. The molecule has 1 unspecified atom stereocenters. The van der Waals surface area contributed by atoms with E-state index in [0.717, 1.165) is 38.9 Å². The molecule has 0 aromatic carbocycles. The summed E-state index contributed by atoms with van der Waals surface area (Å²) in [6, 6.07) is 0.215. The van der Waals surface area contributed by atoms with Gasteiger partial charge in [0, 0.05) is 25.5 Å². The van der Waals surface area contributed by atoms with Crippen LogP contribution in [0.3, 0.4) is 0 Å². The SMILES string of the molecule is O=C(NC1CCC12CCOCC2)c1c[nH]c(=O)[nH]1. The quantitative estimate of drug-likeness (QED) is 0.710. The Hall–Kier alpha value is -1.56. The van der Waals surface area contributed by atoms with E-state index in [1.807, 2.05) is 0 Å². The van der Waals surface area contributed by atoms with Gasteiger partial charge in [-0.3, -0.25) is 4.79 Å². The summed E-state index contributed by atoms with van der Waals surface area (Å²) in [5.74, 6) is -0.205. The highest BCUT2D eigenvalue weighted by atomic mass is 16.5. The molecule has 18 heavy (non-hydrogen) atoms. The van der Waals surface area contributed by atoms with Gasteiger partial charge in [-0.1, -0.05) is 0 Å². The third-order valence-corrected chi connectivity index (χ3v) is 4.30. The minimum absolute atomic E-state index is 0.205. The van der Waals surface area contributed by atoms with Crippen molar-refractivity contribution >= 4 is 5.91 Å². The van der Waals surface area contributed by atoms with E-state index in [1.54, 1.807) is 0 Å². The van der Waals surface area contributed by atoms with E-state index in [-0.39, 0.29) is 23.1 Å². The number of hydrogen-bond acceptors (Lipinski definition) is 3. The van der Waals surface area contributed by atoms with Crippen LogP contribution in [0.1, 0.15) is 36.2 Å². The molecule has 1 amide bonds. The Kier molecular flexibility index (Phi) is 2.74. The molecule has 1 aromatic rings. The van der Waals surface area contributed by atoms with E-state index in [1.165, 1.54) is 6.20 Å². The number of H-pyrrole nitrogens is 2. The van der Waals surface area contributed by atoms with Crippen molar-refractivity contribution in [1.29, 1.82) is 0 Å². The van der Waals surface area contributed by atoms with E-state index >= 15 is 0 Å². The third kappa shape index (κ3) is 1.86.